The van der Waals surface area contributed by atoms with Gasteiger partial charge in [0.2, 0.25) is 0 Å². The van der Waals surface area contributed by atoms with E-state index >= 15 is 0 Å². The molecule has 1 aromatic carbocycles. The number of rotatable bonds is 2. The molecule has 6 nitrogen and oxygen atoms in total. The van der Waals surface area contributed by atoms with Gasteiger partial charge >= 0.3 is 0 Å². The lowest BCUT2D eigenvalue weighted by molar-refractivity contribution is 0.0712. The lowest BCUT2D eigenvalue weighted by Gasteiger charge is -2.32. The van der Waals surface area contributed by atoms with Gasteiger partial charge in [-0.15, -0.1) is 33.9 Å². The molecular formula is C19H22ClN5OS. The molecule has 8 heteroatoms. The van der Waals surface area contributed by atoms with Gasteiger partial charge in [0.05, 0.1) is 12.1 Å². The number of halogens is 1. The Hall–Kier alpha value is -1.96. The molecule has 4 heterocycles. The van der Waals surface area contributed by atoms with Gasteiger partial charge in [0.1, 0.15) is 11.6 Å². The van der Waals surface area contributed by atoms with E-state index in [9.17, 15) is 4.79 Å². The van der Waals surface area contributed by atoms with Crippen LogP contribution in [0.5, 0.6) is 0 Å². The normalized spacial score (nSPS) is 17.6. The van der Waals surface area contributed by atoms with Gasteiger partial charge in [-0.2, -0.15) is 0 Å². The molecular weight excluding hydrogens is 382 g/mol. The molecule has 5 rings (SSSR count). The van der Waals surface area contributed by atoms with Gasteiger partial charge in [0.15, 0.2) is 0 Å². The smallest absolute Gasteiger partial charge is 0.255 e. The summed E-state index contributed by atoms with van der Waals surface area (Å²) in [5, 5.41) is 15.2. The van der Waals surface area contributed by atoms with Gasteiger partial charge in [-0.05, 0) is 18.9 Å². The van der Waals surface area contributed by atoms with E-state index in [1.807, 2.05) is 28.5 Å². The third-order valence-electron chi connectivity index (χ3n) is 5.51. The highest BCUT2D eigenvalue weighted by atomic mass is 35.5. The van der Waals surface area contributed by atoms with E-state index in [1.54, 1.807) is 11.3 Å². The number of aromatic nitrogens is 3. The molecule has 0 spiro atoms. The number of carbonyl (C=O) groups excluding carboxylic acids is 1. The molecule has 1 saturated heterocycles. The largest absolute Gasteiger partial charge is 0.339 e. The predicted molar refractivity (Wildman–Crippen MR) is 109 cm³/mol. The zero-order valence-electron chi connectivity index (χ0n) is 14.9. The minimum absolute atomic E-state index is 0. The zero-order valence-corrected chi connectivity index (χ0v) is 16.6. The van der Waals surface area contributed by atoms with E-state index in [2.05, 4.69) is 26.1 Å². The van der Waals surface area contributed by atoms with Crippen molar-refractivity contribution >= 4 is 39.7 Å². The van der Waals surface area contributed by atoms with E-state index in [0.717, 1.165) is 68.2 Å². The highest BCUT2D eigenvalue weighted by Gasteiger charge is 2.29. The van der Waals surface area contributed by atoms with Gasteiger partial charge < -0.3 is 14.8 Å². The summed E-state index contributed by atoms with van der Waals surface area (Å²) in [4.78, 5) is 15.0. The average molecular weight is 404 g/mol. The van der Waals surface area contributed by atoms with Crippen LogP contribution in [0.3, 0.4) is 0 Å². The van der Waals surface area contributed by atoms with Gasteiger partial charge in [0.25, 0.3) is 5.91 Å². The summed E-state index contributed by atoms with van der Waals surface area (Å²) >= 11 is 1.65. The standard InChI is InChI=1S/C19H21N5OS.ClH/c25-19(15-12-26-16-4-2-1-3-14(15)16)23-8-5-13(6-9-23)18-22-21-17-11-20-7-10-24(17)18;/h1-4,12-13,20H,5-11H2;1H. The number of nitrogens with zero attached hydrogens (tertiary/aromatic N) is 4. The molecule has 0 radical (unpaired) electrons. The first kappa shape index (κ1) is 18.4. The fourth-order valence-electron chi connectivity index (χ4n) is 4.07. The van der Waals surface area contributed by atoms with Crippen molar-refractivity contribution < 1.29 is 4.79 Å². The van der Waals surface area contributed by atoms with Crippen molar-refractivity contribution in [2.24, 2.45) is 0 Å². The lowest BCUT2D eigenvalue weighted by atomic mass is 9.95. The van der Waals surface area contributed by atoms with Gasteiger partial charge in [-0.1, -0.05) is 18.2 Å². The van der Waals surface area contributed by atoms with E-state index in [-0.39, 0.29) is 18.3 Å². The van der Waals surface area contributed by atoms with Crippen LogP contribution in [0.4, 0.5) is 0 Å². The number of amides is 1. The molecule has 3 aromatic rings. The monoisotopic (exact) mass is 403 g/mol. The zero-order chi connectivity index (χ0) is 17.5. The second-order valence-electron chi connectivity index (χ2n) is 7.01. The highest BCUT2D eigenvalue weighted by molar-refractivity contribution is 7.17. The molecule has 2 aromatic heterocycles. The molecule has 142 valence electrons. The maximum atomic E-state index is 13.0. The maximum Gasteiger partial charge on any atom is 0.255 e. The fraction of sp³-hybridized carbons (Fsp3) is 0.421. The molecule has 2 aliphatic heterocycles. The molecule has 0 atom stereocenters. The highest BCUT2D eigenvalue weighted by Crippen LogP contribution is 2.31. The van der Waals surface area contributed by atoms with Crippen molar-refractivity contribution in [3.63, 3.8) is 0 Å². The minimum Gasteiger partial charge on any atom is -0.339 e. The van der Waals surface area contributed by atoms with Crippen LogP contribution in [-0.2, 0) is 13.1 Å². The Kier molecular flexibility index (Phi) is 5.16. The average Bonchev–Trinajstić information content (AvgIpc) is 3.32. The van der Waals surface area contributed by atoms with E-state index in [0.29, 0.717) is 5.92 Å². The summed E-state index contributed by atoms with van der Waals surface area (Å²) in [5.74, 6) is 2.70. The van der Waals surface area contributed by atoms with Gasteiger partial charge in [0, 0.05) is 47.6 Å². The first-order valence-corrected chi connectivity index (χ1v) is 10.1. The van der Waals surface area contributed by atoms with Crippen LogP contribution in [0.25, 0.3) is 10.1 Å². The number of hydrogen-bond acceptors (Lipinski definition) is 5. The summed E-state index contributed by atoms with van der Waals surface area (Å²) in [7, 11) is 0. The lowest BCUT2D eigenvalue weighted by Crippen LogP contribution is -2.38. The second-order valence-corrected chi connectivity index (χ2v) is 7.93. The van der Waals surface area contributed by atoms with Crippen molar-refractivity contribution in [3.05, 3.63) is 46.9 Å². The van der Waals surface area contributed by atoms with Crippen LogP contribution >= 0.6 is 23.7 Å². The fourth-order valence-corrected chi connectivity index (χ4v) is 5.01. The molecule has 0 unspecified atom stereocenters. The minimum atomic E-state index is 0. The van der Waals surface area contributed by atoms with E-state index in [1.165, 1.54) is 4.70 Å². The number of benzene rings is 1. The Balaban J connectivity index is 0.00000180. The maximum absolute atomic E-state index is 13.0. The van der Waals surface area contributed by atoms with Crippen LogP contribution < -0.4 is 5.32 Å². The third-order valence-corrected chi connectivity index (χ3v) is 6.47. The number of nitrogens with one attached hydrogen (secondary N) is 1. The van der Waals surface area contributed by atoms with Crippen molar-refractivity contribution in [1.82, 2.24) is 25.0 Å². The predicted octanol–water partition coefficient (Wildman–Crippen LogP) is 3.04. The number of hydrogen-bond donors (Lipinski definition) is 1. The van der Waals surface area contributed by atoms with Gasteiger partial charge in [-0.25, -0.2) is 0 Å². The Bertz CT molecular complexity index is 960. The van der Waals surface area contributed by atoms with Crippen molar-refractivity contribution in [2.75, 3.05) is 19.6 Å². The molecule has 1 amide bonds. The Morgan fingerprint density at radius 1 is 1.15 bits per heavy atom. The summed E-state index contributed by atoms with van der Waals surface area (Å²) in [6.45, 7) is 4.29. The molecule has 1 fully saturated rings. The van der Waals surface area contributed by atoms with Crippen LogP contribution in [0.1, 0.15) is 40.8 Å². The molecule has 2 aliphatic rings. The van der Waals surface area contributed by atoms with Crippen LogP contribution in [-0.4, -0.2) is 45.2 Å². The number of likely N-dealkylation sites (tertiary alicyclic amines) is 1. The summed E-state index contributed by atoms with van der Waals surface area (Å²) < 4.78 is 3.44. The van der Waals surface area contributed by atoms with Crippen LogP contribution in [0, 0.1) is 0 Å². The summed E-state index contributed by atoms with van der Waals surface area (Å²) in [5.41, 5.74) is 0.843. The molecule has 0 saturated carbocycles. The molecule has 1 N–H and O–H groups in total. The van der Waals surface area contributed by atoms with E-state index in [4.69, 9.17) is 0 Å². The number of fused-ring (bicyclic) bond motifs is 2. The van der Waals surface area contributed by atoms with E-state index < -0.39 is 0 Å². The number of piperidine rings is 1. The van der Waals surface area contributed by atoms with Gasteiger partial charge in [-0.3, -0.25) is 4.79 Å². The van der Waals surface area contributed by atoms with Crippen molar-refractivity contribution in [3.8, 4) is 0 Å². The van der Waals surface area contributed by atoms with Crippen molar-refractivity contribution in [1.29, 1.82) is 0 Å². The quantitative estimate of drug-likeness (QED) is 0.714. The van der Waals surface area contributed by atoms with Crippen LogP contribution in [0.15, 0.2) is 29.6 Å². The number of thiophene rings is 1. The van der Waals surface area contributed by atoms with Crippen LogP contribution in [0.2, 0.25) is 0 Å². The number of carbonyl (C=O) groups is 1. The Labute approximate surface area is 168 Å². The second kappa shape index (κ2) is 7.58. The van der Waals surface area contributed by atoms with Crippen molar-refractivity contribution in [2.45, 2.75) is 31.8 Å². The molecule has 0 aliphatic carbocycles. The first-order chi connectivity index (χ1) is 12.8. The summed E-state index contributed by atoms with van der Waals surface area (Å²) in [6, 6.07) is 8.14. The Morgan fingerprint density at radius 2 is 1.96 bits per heavy atom. The summed E-state index contributed by atoms with van der Waals surface area (Å²) in [6.07, 6.45) is 1.92. The molecule has 0 bridgehead atoms. The first-order valence-electron chi connectivity index (χ1n) is 9.19. The topological polar surface area (TPSA) is 63.1 Å². The Morgan fingerprint density at radius 3 is 2.81 bits per heavy atom. The SMILES string of the molecule is Cl.O=C(c1csc2ccccc12)N1CCC(c2nnc3n2CCNC3)CC1. The molecule has 27 heavy (non-hydrogen) atoms. The third kappa shape index (κ3) is 3.24.